The van der Waals surface area contributed by atoms with E-state index in [1.807, 2.05) is 43.3 Å². The normalized spacial score (nSPS) is 10.9. The van der Waals surface area contributed by atoms with Crippen molar-refractivity contribution in [2.75, 3.05) is 11.1 Å². The topological polar surface area (TPSA) is 85.1 Å². The standard InChI is InChI=1S/C19H15ClN6OS/c1-12-13(20)5-4-7-14(12)22-17(27)11-28-18-9-8-16-23-24-19(26(16)25-18)15-6-2-3-10-21-15/h2-10H,11H2,1H3,(H,22,27). The second-order valence-corrected chi connectivity index (χ2v) is 7.33. The zero-order valence-corrected chi connectivity index (χ0v) is 16.4. The van der Waals surface area contributed by atoms with Crippen molar-refractivity contribution in [1.82, 2.24) is 24.8 Å². The number of thioether (sulfide) groups is 1. The number of carbonyl (C=O) groups excluding carboxylic acids is 1. The largest absolute Gasteiger partial charge is 0.325 e. The van der Waals surface area contributed by atoms with Crippen molar-refractivity contribution < 1.29 is 4.79 Å². The third kappa shape index (κ3) is 3.83. The first-order chi connectivity index (χ1) is 13.6. The van der Waals surface area contributed by atoms with Gasteiger partial charge in [-0.1, -0.05) is 35.5 Å². The molecule has 0 aliphatic rings. The first-order valence-corrected chi connectivity index (χ1v) is 9.80. The number of hydrogen-bond donors (Lipinski definition) is 1. The monoisotopic (exact) mass is 410 g/mol. The molecule has 0 spiro atoms. The van der Waals surface area contributed by atoms with Crippen LogP contribution in [0.1, 0.15) is 5.56 Å². The third-order valence-electron chi connectivity index (χ3n) is 4.03. The van der Waals surface area contributed by atoms with E-state index in [4.69, 9.17) is 11.6 Å². The van der Waals surface area contributed by atoms with Crippen LogP contribution in [-0.4, -0.2) is 36.5 Å². The van der Waals surface area contributed by atoms with Crippen molar-refractivity contribution in [3.05, 3.63) is 65.3 Å². The minimum Gasteiger partial charge on any atom is -0.325 e. The number of pyridine rings is 1. The molecular formula is C19H15ClN6OS. The zero-order valence-electron chi connectivity index (χ0n) is 14.8. The Morgan fingerprint density at radius 2 is 2.04 bits per heavy atom. The number of aromatic nitrogens is 5. The Morgan fingerprint density at radius 3 is 2.86 bits per heavy atom. The summed E-state index contributed by atoms with van der Waals surface area (Å²) in [5.41, 5.74) is 2.84. The summed E-state index contributed by atoms with van der Waals surface area (Å²) in [6, 6.07) is 14.6. The molecule has 1 amide bonds. The molecule has 0 saturated heterocycles. The predicted octanol–water partition coefficient (Wildman–Crippen LogP) is 3.88. The van der Waals surface area contributed by atoms with Crippen LogP contribution in [0.15, 0.2) is 59.8 Å². The number of halogens is 1. The number of benzene rings is 1. The van der Waals surface area contributed by atoms with Gasteiger partial charge in [0.2, 0.25) is 11.7 Å². The van der Waals surface area contributed by atoms with Gasteiger partial charge in [-0.25, -0.2) is 0 Å². The SMILES string of the molecule is Cc1c(Cl)cccc1NC(=O)CSc1ccc2nnc(-c3ccccn3)n2n1. The lowest BCUT2D eigenvalue weighted by atomic mass is 10.2. The van der Waals surface area contributed by atoms with Crippen molar-refractivity contribution in [2.45, 2.75) is 11.9 Å². The Hall–Kier alpha value is -2.97. The highest BCUT2D eigenvalue weighted by Gasteiger charge is 2.12. The fourth-order valence-corrected chi connectivity index (χ4v) is 3.40. The molecule has 0 radical (unpaired) electrons. The molecule has 0 saturated carbocycles. The molecule has 0 unspecified atom stereocenters. The molecule has 4 aromatic rings. The van der Waals surface area contributed by atoms with Gasteiger partial charge in [0.25, 0.3) is 0 Å². The summed E-state index contributed by atoms with van der Waals surface area (Å²) >= 11 is 7.42. The first kappa shape index (κ1) is 18.4. The molecule has 4 rings (SSSR count). The van der Waals surface area contributed by atoms with Gasteiger partial charge in [0.1, 0.15) is 10.7 Å². The predicted molar refractivity (Wildman–Crippen MR) is 110 cm³/mol. The van der Waals surface area contributed by atoms with Crippen LogP contribution in [0.25, 0.3) is 17.2 Å². The lowest BCUT2D eigenvalue weighted by Crippen LogP contribution is -2.15. The Balaban J connectivity index is 1.49. The zero-order chi connectivity index (χ0) is 19.5. The average molecular weight is 411 g/mol. The van der Waals surface area contributed by atoms with Crippen LogP contribution in [0, 0.1) is 6.92 Å². The number of amides is 1. The minimum atomic E-state index is -0.133. The summed E-state index contributed by atoms with van der Waals surface area (Å²) in [7, 11) is 0. The number of nitrogens with one attached hydrogen (secondary N) is 1. The Labute approximate surface area is 170 Å². The summed E-state index contributed by atoms with van der Waals surface area (Å²) in [5.74, 6) is 0.633. The van der Waals surface area contributed by atoms with E-state index in [0.717, 1.165) is 5.56 Å². The van der Waals surface area contributed by atoms with Crippen molar-refractivity contribution in [2.24, 2.45) is 0 Å². The fraction of sp³-hybridized carbons (Fsp3) is 0.105. The molecular weight excluding hydrogens is 396 g/mol. The quantitative estimate of drug-likeness (QED) is 0.502. The second-order valence-electron chi connectivity index (χ2n) is 5.93. The number of fused-ring (bicyclic) bond motifs is 1. The van der Waals surface area contributed by atoms with Crippen LogP contribution in [0.5, 0.6) is 0 Å². The van der Waals surface area contributed by atoms with Crippen molar-refractivity contribution in [3.63, 3.8) is 0 Å². The minimum absolute atomic E-state index is 0.133. The van der Waals surface area contributed by atoms with Crippen LogP contribution in [-0.2, 0) is 4.79 Å². The molecule has 7 nitrogen and oxygen atoms in total. The number of anilines is 1. The van der Waals surface area contributed by atoms with E-state index in [0.29, 0.717) is 32.9 Å². The molecule has 9 heteroatoms. The van der Waals surface area contributed by atoms with E-state index in [-0.39, 0.29) is 11.7 Å². The average Bonchev–Trinajstić information content (AvgIpc) is 3.14. The molecule has 140 valence electrons. The van der Waals surface area contributed by atoms with Gasteiger partial charge < -0.3 is 5.32 Å². The van der Waals surface area contributed by atoms with Gasteiger partial charge in [0.05, 0.1) is 5.75 Å². The lowest BCUT2D eigenvalue weighted by Gasteiger charge is -2.09. The highest BCUT2D eigenvalue weighted by molar-refractivity contribution is 7.99. The molecule has 28 heavy (non-hydrogen) atoms. The fourth-order valence-electron chi connectivity index (χ4n) is 2.57. The Morgan fingerprint density at radius 1 is 1.14 bits per heavy atom. The lowest BCUT2D eigenvalue weighted by molar-refractivity contribution is -0.113. The van der Waals surface area contributed by atoms with Crippen molar-refractivity contribution in [1.29, 1.82) is 0 Å². The molecule has 3 aromatic heterocycles. The molecule has 1 N–H and O–H groups in total. The highest BCUT2D eigenvalue weighted by Crippen LogP contribution is 2.24. The molecule has 0 atom stereocenters. The van der Waals surface area contributed by atoms with Crippen molar-refractivity contribution >= 4 is 40.6 Å². The van der Waals surface area contributed by atoms with E-state index >= 15 is 0 Å². The summed E-state index contributed by atoms with van der Waals surface area (Å²) in [6.07, 6.45) is 1.69. The molecule has 0 bridgehead atoms. The number of nitrogens with zero attached hydrogens (tertiary/aromatic N) is 5. The molecule has 0 aliphatic carbocycles. The van der Waals surface area contributed by atoms with Gasteiger partial charge in [-0.2, -0.15) is 9.61 Å². The molecule has 0 aliphatic heterocycles. The maximum atomic E-state index is 12.3. The molecule has 1 aromatic carbocycles. The van der Waals surface area contributed by atoms with Crippen LogP contribution in [0.4, 0.5) is 5.69 Å². The third-order valence-corrected chi connectivity index (χ3v) is 5.35. The number of carbonyl (C=O) groups is 1. The number of rotatable bonds is 5. The van der Waals surface area contributed by atoms with E-state index in [1.54, 1.807) is 22.8 Å². The van der Waals surface area contributed by atoms with Crippen LogP contribution >= 0.6 is 23.4 Å². The molecule has 0 fully saturated rings. The van der Waals surface area contributed by atoms with Gasteiger partial charge in [0, 0.05) is 16.9 Å². The Kier molecular flexibility index (Phi) is 5.23. The number of hydrogen-bond acceptors (Lipinski definition) is 6. The van der Waals surface area contributed by atoms with E-state index in [9.17, 15) is 4.79 Å². The van der Waals surface area contributed by atoms with Gasteiger partial charge in [0.15, 0.2) is 5.65 Å². The van der Waals surface area contributed by atoms with Crippen LogP contribution in [0.2, 0.25) is 5.02 Å². The van der Waals surface area contributed by atoms with Crippen LogP contribution in [0.3, 0.4) is 0 Å². The highest BCUT2D eigenvalue weighted by atomic mass is 35.5. The maximum Gasteiger partial charge on any atom is 0.234 e. The summed E-state index contributed by atoms with van der Waals surface area (Å²) < 4.78 is 1.63. The van der Waals surface area contributed by atoms with E-state index < -0.39 is 0 Å². The summed E-state index contributed by atoms with van der Waals surface area (Å²) in [5, 5.41) is 17.0. The summed E-state index contributed by atoms with van der Waals surface area (Å²) in [6.45, 7) is 1.87. The molecule has 3 heterocycles. The van der Waals surface area contributed by atoms with E-state index in [2.05, 4.69) is 25.6 Å². The maximum absolute atomic E-state index is 12.3. The van der Waals surface area contributed by atoms with Crippen molar-refractivity contribution in [3.8, 4) is 11.5 Å². The van der Waals surface area contributed by atoms with Gasteiger partial charge in [-0.15, -0.1) is 10.2 Å². The Bertz CT molecular complexity index is 1150. The van der Waals surface area contributed by atoms with E-state index in [1.165, 1.54) is 11.8 Å². The summed E-state index contributed by atoms with van der Waals surface area (Å²) in [4.78, 5) is 16.6. The van der Waals surface area contributed by atoms with Crippen LogP contribution < -0.4 is 5.32 Å². The van der Waals surface area contributed by atoms with Gasteiger partial charge in [-0.3, -0.25) is 9.78 Å². The van der Waals surface area contributed by atoms with Gasteiger partial charge in [-0.05, 0) is 48.9 Å². The smallest absolute Gasteiger partial charge is 0.234 e. The van der Waals surface area contributed by atoms with Gasteiger partial charge >= 0.3 is 0 Å². The first-order valence-electron chi connectivity index (χ1n) is 8.43. The second kappa shape index (κ2) is 7.95.